The summed E-state index contributed by atoms with van der Waals surface area (Å²) in [4.78, 5) is 2.25. The Kier molecular flexibility index (Phi) is 3.99. The van der Waals surface area contributed by atoms with E-state index in [0.29, 0.717) is 6.04 Å². The third-order valence-electron chi connectivity index (χ3n) is 3.88. The fourth-order valence-corrected chi connectivity index (χ4v) is 3.20. The minimum Gasteiger partial charge on any atom is -0.496 e. The molecule has 0 heterocycles. The van der Waals surface area contributed by atoms with Crippen molar-refractivity contribution in [3.63, 3.8) is 0 Å². The van der Waals surface area contributed by atoms with Crippen molar-refractivity contribution in [1.82, 2.24) is 4.90 Å². The Hall–Kier alpha value is -0.580. The van der Waals surface area contributed by atoms with Gasteiger partial charge in [0.25, 0.3) is 0 Å². The second kappa shape index (κ2) is 5.19. The topological polar surface area (TPSA) is 38.5 Å². The number of nitrogens with zero attached hydrogens (tertiary/aromatic N) is 1. The van der Waals surface area contributed by atoms with E-state index in [4.69, 9.17) is 10.5 Å². The van der Waals surface area contributed by atoms with Crippen LogP contribution in [0.3, 0.4) is 0 Å². The van der Waals surface area contributed by atoms with Gasteiger partial charge in [-0.05, 0) is 51.7 Å². The van der Waals surface area contributed by atoms with Gasteiger partial charge in [0, 0.05) is 21.5 Å². The molecule has 0 amide bonds. The average Bonchev–Trinajstić information content (AvgIpc) is 3.10. The molecule has 0 radical (unpaired) electrons. The van der Waals surface area contributed by atoms with Crippen molar-refractivity contribution in [1.29, 1.82) is 0 Å². The van der Waals surface area contributed by atoms with Gasteiger partial charge in [0.1, 0.15) is 5.75 Å². The quantitative estimate of drug-likeness (QED) is 0.908. The van der Waals surface area contributed by atoms with Crippen molar-refractivity contribution in [3.8, 4) is 5.75 Å². The number of rotatable bonds is 5. The van der Waals surface area contributed by atoms with E-state index in [1.54, 1.807) is 7.11 Å². The largest absolute Gasteiger partial charge is 0.496 e. The Labute approximate surface area is 117 Å². The fourth-order valence-electron chi connectivity index (χ4n) is 2.82. The van der Waals surface area contributed by atoms with Crippen LogP contribution < -0.4 is 10.5 Å². The van der Waals surface area contributed by atoms with Gasteiger partial charge in [-0.15, -0.1) is 0 Å². The van der Waals surface area contributed by atoms with Crippen LogP contribution in [0.25, 0.3) is 0 Å². The van der Waals surface area contributed by atoms with Gasteiger partial charge in [-0.3, -0.25) is 0 Å². The summed E-state index contributed by atoms with van der Waals surface area (Å²) < 4.78 is 6.59. The van der Waals surface area contributed by atoms with Crippen molar-refractivity contribution in [2.24, 2.45) is 11.1 Å². The van der Waals surface area contributed by atoms with Crippen molar-refractivity contribution in [2.75, 3.05) is 27.7 Å². The Morgan fingerprint density at radius 3 is 2.56 bits per heavy atom. The first-order valence-corrected chi connectivity index (χ1v) is 7.03. The second-order valence-electron chi connectivity index (χ2n) is 5.32. The molecular weight excluding hydrogens is 292 g/mol. The minimum absolute atomic E-state index is 0.220. The molecule has 1 aromatic carbocycles. The zero-order valence-electron chi connectivity index (χ0n) is 11.2. The first-order valence-electron chi connectivity index (χ1n) is 6.24. The highest BCUT2D eigenvalue weighted by Crippen LogP contribution is 2.57. The van der Waals surface area contributed by atoms with Crippen LogP contribution in [0.4, 0.5) is 0 Å². The van der Waals surface area contributed by atoms with E-state index in [0.717, 1.165) is 16.8 Å². The summed E-state index contributed by atoms with van der Waals surface area (Å²) in [6.07, 6.45) is 2.39. The number of methoxy groups -OCH3 is 1. The Bertz CT molecular complexity index is 430. The maximum Gasteiger partial charge on any atom is 0.123 e. The van der Waals surface area contributed by atoms with E-state index in [1.165, 1.54) is 18.4 Å². The molecule has 1 unspecified atom stereocenters. The standard InChI is InChI=1S/C14H21BrN2O/c1-17(2)13(14(9-16)6-7-14)11-8-10(15)4-5-12(11)18-3/h4-5,8,13H,6-7,9,16H2,1-3H3. The molecule has 0 bridgehead atoms. The molecule has 1 saturated carbocycles. The first-order chi connectivity index (χ1) is 8.54. The van der Waals surface area contributed by atoms with Crippen LogP contribution in [0.2, 0.25) is 0 Å². The summed E-state index contributed by atoms with van der Waals surface area (Å²) in [5.74, 6) is 0.941. The van der Waals surface area contributed by atoms with E-state index in [2.05, 4.69) is 41.0 Å². The Morgan fingerprint density at radius 2 is 2.11 bits per heavy atom. The number of halogens is 1. The lowest BCUT2D eigenvalue weighted by Gasteiger charge is -2.33. The van der Waals surface area contributed by atoms with E-state index in [9.17, 15) is 0 Å². The van der Waals surface area contributed by atoms with E-state index < -0.39 is 0 Å². The van der Waals surface area contributed by atoms with Gasteiger partial charge in [0.2, 0.25) is 0 Å². The summed E-state index contributed by atoms with van der Waals surface area (Å²) in [6, 6.07) is 6.49. The number of benzene rings is 1. The molecule has 2 rings (SSSR count). The molecule has 0 aliphatic heterocycles. The number of hydrogen-bond acceptors (Lipinski definition) is 3. The summed E-state index contributed by atoms with van der Waals surface area (Å²) in [7, 11) is 5.95. The maximum atomic E-state index is 6.00. The predicted octanol–water partition coefficient (Wildman–Crippen LogP) is 2.80. The molecule has 0 aromatic heterocycles. The molecule has 0 spiro atoms. The first kappa shape index (κ1) is 13.8. The van der Waals surface area contributed by atoms with Crippen LogP contribution in [-0.4, -0.2) is 32.6 Å². The van der Waals surface area contributed by atoms with Gasteiger partial charge in [-0.1, -0.05) is 15.9 Å². The monoisotopic (exact) mass is 312 g/mol. The molecule has 1 aromatic rings. The molecule has 1 fully saturated rings. The average molecular weight is 313 g/mol. The molecule has 2 N–H and O–H groups in total. The highest BCUT2D eigenvalue weighted by molar-refractivity contribution is 9.10. The lowest BCUT2D eigenvalue weighted by molar-refractivity contribution is 0.193. The minimum atomic E-state index is 0.220. The smallest absolute Gasteiger partial charge is 0.123 e. The third kappa shape index (κ3) is 2.42. The SMILES string of the molecule is COc1ccc(Br)cc1C(N(C)C)C1(CN)CC1. The summed E-state index contributed by atoms with van der Waals surface area (Å²) >= 11 is 3.55. The molecule has 100 valence electrons. The van der Waals surface area contributed by atoms with Crippen LogP contribution in [0.5, 0.6) is 5.75 Å². The highest BCUT2D eigenvalue weighted by atomic mass is 79.9. The molecular formula is C14H21BrN2O. The van der Waals surface area contributed by atoms with Crippen LogP contribution in [0.1, 0.15) is 24.4 Å². The lowest BCUT2D eigenvalue weighted by Crippen LogP contribution is -2.33. The third-order valence-corrected chi connectivity index (χ3v) is 4.37. The number of hydrogen-bond donors (Lipinski definition) is 1. The Morgan fingerprint density at radius 1 is 1.44 bits per heavy atom. The normalized spacial score (nSPS) is 18.8. The molecule has 1 aliphatic carbocycles. The van der Waals surface area contributed by atoms with Gasteiger partial charge in [-0.25, -0.2) is 0 Å². The van der Waals surface area contributed by atoms with Gasteiger partial charge >= 0.3 is 0 Å². The summed E-state index contributed by atoms with van der Waals surface area (Å²) in [5.41, 5.74) is 7.44. The summed E-state index contributed by atoms with van der Waals surface area (Å²) in [6.45, 7) is 0.728. The van der Waals surface area contributed by atoms with Crippen LogP contribution in [-0.2, 0) is 0 Å². The zero-order chi connectivity index (χ0) is 13.3. The number of nitrogens with two attached hydrogens (primary N) is 1. The number of ether oxygens (including phenoxy) is 1. The molecule has 1 atom stereocenters. The van der Waals surface area contributed by atoms with E-state index >= 15 is 0 Å². The lowest BCUT2D eigenvalue weighted by atomic mass is 9.88. The van der Waals surface area contributed by atoms with Crippen LogP contribution >= 0.6 is 15.9 Å². The van der Waals surface area contributed by atoms with Gasteiger partial charge in [0.05, 0.1) is 7.11 Å². The zero-order valence-corrected chi connectivity index (χ0v) is 12.8. The van der Waals surface area contributed by atoms with Gasteiger partial charge < -0.3 is 15.4 Å². The van der Waals surface area contributed by atoms with E-state index in [1.807, 2.05) is 12.1 Å². The van der Waals surface area contributed by atoms with Crippen LogP contribution in [0, 0.1) is 5.41 Å². The predicted molar refractivity (Wildman–Crippen MR) is 77.8 cm³/mol. The van der Waals surface area contributed by atoms with Crippen molar-refractivity contribution >= 4 is 15.9 Å². The molecule has 18 heavy (non-hydrogen) atoms. The summed E-state index contributed by atoms with van der Waals surface area (Å²) in [5, 5.41) is 0. The van der Waals surface area contributed by atoms with Gasteiger partial charge in [-0.2, -0.15) is 0 Å². The van der Waals surface area contributed by atoms with Crippen molar-refractivity contribution in [3.05, 3.63) is 28.2 Å². The second-order valence-corrected chi connectivity index (χ2v) is 6.23. The van der Waals surface area contributed by atoms with Crippen molar-refractivity contribution < 1.29 is 4.74 Å². The van der Waals surface area contributed by atoms with E-state index in [-0.39, 0.29) is 5.41 Å². The van der Waals surface area contributed by atoms with Crippen LogP contribution in [0.15, 0.2) is 22.7 Å². The maximum absolute atomic E-state index is 6.00. The van der Waals surface area contributed by atoms with Gasteiger partial charge in [0.15, 0.2) is 0 Å². The Balaban J connectivity index is 2.46. The van der Waals surface area contributed by atoms with Crippen molar-refractivity contribution in [2.45, 2.75) is 18.9 Å². The molecule has 4 heteroatoms. The molecule has 0 saturated heterocycles. The fraction of sp³-hybridized carbons (Fsp3) is 0.571. The molecule has 3 nitrogen and oxygen atoms in total. The highest BCUT2D eigenvalue weighted by Gasteiger charge is 2.50. The molecule has 1 aliphatic rings.